The van der Waals surface area contributed by atoms with Crippen molar-refractivity contribution in [2.75, 3.05) is 7.11 Å². The second-order valence-electron chi connectivity index (χ2n) is 5.17. The molecule has 3 heteroatoms. The molecule has 0 aliphatic carbocycles. The molecule has 2 aromatic carbocycles. The normalized spacial score (nSPS) is 12.2. The fraction of sp³-hybridized carbons (Fsp3) is 0.333. The van der Waals surface area contributed by atoms with Gasteiger partial charge in [-0.15, -0.1) is 0 Å². The standard InChI is InChI=1S/C18H22FNO/c1-4-14-5-7-15(8-6-14)12-20-13(2)16-9-10-17(19)18(11-16)21-3/h5-11,13,20H,4,12H2,1-3H3. The van der Waals surface area contributed by atoms with Gasteiger partial charge in [-0.1, -0.05) is 37.3 Å². The molecule has 0 spiro atoms. The lowest BCUT2D eigenvalue weighted by molar-refractivity contribution is 0.385. The van der Waals surface area contributed by atoms with Crippen LogP contribution in [0.25, 0.3) is 0 Å². The fourth-order valence-corrected chi connectivity index (χ4v) is 2.23. The Bertz CT molecular complexity index is 580. The van der Waals surface area contributed by atoms with Crippen LogP contribution in [0.1, 0.15) is 36.6 Å². The molecule has 0 aliphatic heterocycles. The van der Waals surface area contributed by atoms with Gasteiger partial charge >= 0.3 is 0 Å². The van der Waals surface area contributed by atoms with E-state index in [1.54, 1.807) is 12.1 Å². The van der Waals surface area contributed by atoms with Crippen molar-refractivity contribution >= 4 is 0 Å². The van der Waals surface area contributed by atoms with E-state index < -0.39 is 0 Å². The molecule has 2 aromatic rings. The Hall–Kier alpha value is -1.87. The number of ether oxygens (including phenoxy) is 1. The largest absolute Gasteiger partial charge is 0.494 e. The second-order valence-corrected chi connectivity index (χ2v) is 5.17. The topological polar surface area (TPSA) is 21.3 Å². The number of aryl methyl sites for hydroxylation is 1. The monoisotopic (exact) mass is 287 g/mol. The lowest BCUT2D eigenvalue weighted by Crippen LogP contribution is -2.18. The zero-order valence-electron chi connectivity index (χ0n) is 12.8. The van der Waals surface area contributed by atoms with Crippen LogP contribution in [0.2, 0.25) is 0 Å². The summed E-state index contributed by atoms with van der Waals surface area (Å²) in [5.41, 5.74) is 3.60. The van der Waals surface area contributed by atoms with Crippen molar-refractivity contribution in [3.05, 3.63) is 65.0 Å². The van der Waals surface area contributed by atoms with Gasteiger partial charge < -0.3 is 10.1 Å². The smallest absolute Gasteiger partial charge is 0.165 e. The number of methoxy groups -OCH3 is 1. The molecular weight excluding hydrogens is 265 g/mol. The Balaban J connectivity index is 1.98. The molecule has 0 saturated carbocycles. The van der Waals surface area contributed by atoms with Gasteiger partial charge in [-0.3, -0.25) is 0 Å². The van der Waals surface area contributed by atoms with Gasteiger partial charge in [0.25, 0.3) is 0 Å². The van der Waals surface area contributed by atoms with Crippen molar-refractivity contribution in [1.82, 2.24) is 5.32 Å². The average molecular weight is 287 g/mol. The molecule has 0 aliphatic rings. The van der Waals surface area contributed by atoms with E-state index in [9.17, 15) is 4.39 Å². The van der Waals surface area contributed by atoms with Gasteiger partial charge in [0.15, 0.2) is 11.6 Å². The number of benzene rings is 2. The molecule has 0 fully saturated rings. The molecule has 0 heterocycles. The van der Waals surface area contributed by atoms with Gasteiger partial charge in [0.05, 0.1) is 7.11 Å². The zero-order valence-corrected chi connectivity index (χ0v) is 12.8. The minimum absolute atomic E-state index is 0.130. The molecule has 0 amide bonds. The van der Waals surface area contributed by atoms with Gasteiger partial charge in [0.2, 0.25) is 0 Å². The second kappa shape index (κ2) is 7.23. The van der Waals surface area contributed by atoms with Gasteiger partial charge in [0, 0.05) is 12.6 Å². The van der Waals surface area contributed by atoms with Gasteiger partial charge in [-0.25, -0.2) is 4.39 Å². The summed E-state index contributed by atoms with van der Waals surface area (Å²) < 4.78 is 18.4. The molecule has 0 aromatic heterocycles. The SMILES string of the molecule is CCc1ccc(CNC(C)c2ccc(F)c(OC)c2)cc1. The zero-order chi connectivity index (χ0) is 15.2. The summed E-state index contributed by atoms with van der Waals surface area (Å²) in [7, 11) is 1.48. The van der Waals surface area contributed by atoms with Crippen LogP contribution < -0.4 is 10.1 Å². The highest BCUT2D eigenvalue weighted by Crippen LogP contribution is 2.22. The summed E-state index contributed by atoms with van der Waals surface area (Å²) >= 11 is 0. The predicted molar refractivity (Wildman–Crippen MR) is 84.0 cm³/mol. The fourth-order valence-electron chi connectivity index (χ4n) is 2.23. The maximum Gasteiger partial charge on any atom is 0.165 e. The van der Waals surface area contributed by atoms with Gasteiger partial charge in [-0.2, -0.15) is 0 Å². The van der Waals surface area contributed by atoms with E-state index in [1.165, 1.54) is 24.3 Å². The van der Waals surface area contributed by atoms with E-state index >= 15 is 0 Å². The third-order valence-electron chi connectivity index (χ3n) is 3.72. The highest BCUT2D eigenvalue weighted by atomic mass is 19.1. The third-order valence-corrected chi connectivity index (χ3v) is 3.72. The van der Waals surface area contributed by atoms with E-state index in [-0.39, 0.29) is 17.6 Å². The summed E-state index contributed by atoms with van der Waals surface area (Å²) in [5.74, 6) is -0.0444. The van der Waals surface area contributed by atoms with Crippen molar-refractivity contribution in [2.24, 2.45) is 0 Å². The molecule has 0 bridgehead atoms. The molecule has 112 valence electrons. The first-order valence-electron chi connectivity index (χ1n) is 7.28. The number of hydrogen-bond donors (Lipinski definition) is 1. The van der Waals surface area contributed by atoms with Crippen molar-refractivity contribution in [2.45, 2.75) is 32.9 Å². The van der Waals surface area contributed by atoms with E-state index in [0.29, 0.717) is 0 Å². The van der Waals surface area contributed by atoms with Crippen LogP contribution in [0.3, 0.4) is 0 Å². The first kappa shape index (κ1) is 15.5. The summed E-state index contributed by atoms with van der Waals surface area (Å²) in [6.07, 6.45) is 1.06. The van der Waals surface area contributed by atoms with Gasteiger partial charge in [0.1, 0.15) is 0 Å². The third kappa shape index (κ3) is 4.05. The lowest BCUT2D eigenvalue weighted by atomic mass is 10.1. The van der Waals surface area contributed by atoms with Crippen LogP contribution in [-0.4, -0.2) is 7.11 Å². The Morgan fingerprint density at radius 2 is 1.76 bits per heavy atom. The minimum atomic E-state index is -0.330. The van der Waals surface area contributed by atoms with Crippen LogP contribution in [0.4, 0.5) is 4.39 Å². The van der Waals surface area contributed by atoms with E-state index in [4.69, 9.17) is 4.74 Å². The molecule has 0 radical (unpaired) electrons. The average Bonchev–Trinajstić information content (AvgIpc) is 2.53. The summed E-state index contributed by atoms with van der Waals surface area (Å²) in [4.78, 5) is 0. The van der Waals surface area contributed by atoms with Crippen LogP contribution in [0.5, 0.6) is 5.75 Å². The van der Waals surface area contributed by atoms with E-state index in [0.717, 1.165) is 18.5 Å². The number of rotatable bonds is 6. The van der Waals surface area contributed by atoms with Crippen molar-refractivity contribution < 1.29 is 9.13 Å². The van der Waals surface area contributed by atoms with Crippen molar-refractivity contribution in [1.29, 1.82) is 0 Å². The Labute approximate surface area is 126 Å². The van der Waals surface area contributed by atoms with E-state index in [2.05, 4.69) is 43.4 Å². The first-order chi connectivity index (χ1) is 10.1. The van der Waals surface area contributed by atoms with Crippen LogP contribution in [0, 0.1) is 5.82 Å². The van der Waals surface area contributed by atoms with Crippen molar-refractivity contribution in [3.63, 3.8) is 0 Å². The summed E-state index contributed by atoms with van der Waals surface area (Å²) in [5, 5.41) is 3.45. The Morgan fingerprint density at radius 1 is 1.10 bits per heavy atom. The number of halogens is 1. The maximum absolute atomic E-state index is 13.4. The highest BCUT2D eigenvalue weighted by Gasteiger charge is 2.09. The molecule has 1 N–H and O–H groups in total. The maximum atomic E-state index is 13.4. The molecule has 1 unspecified atom stereocenters. The van der Waals surface area contributed by atoms with E-state index in [1.807, 2.05) is 0 Å². The molecular formula is C18H22FNO. The van der Waals surface area contributed by atoms with Crippen molar-refractivity contribution in [3.8, 4) is 5.75 Å². The summed E-state index contributed by atoms with van der Waals surface area (Å²) in [6.45, 7) is 5.00. The first-order valence-corrected chi connectivity index (χ1v) is 7.28. The quantitative estimate of drug-likeness (QED) is 0.857. The van der Waals surface area contributed by atoms with Crippen LogP contribution >= 0.6 is 0 Å². The molecule has 0 saturated heterocycles. The number of hydrogen-bond acceptors (Lipinski definition) is 2. The molecule has 1 atom stereocenters. The Kier molecular flexibility index (Phi) is 5.34. The highest BCUT2D eigenvalue weighted by molar-refractivity contribution is 5.32. The predicted octanol–water partition coefficient (Wildman–Crippen LogP) is 4.25. The Morgan fingerprint density at radius 3 is 2.38 bits per heavy atom. The lowest BCUT2D eigenvalue weighted by Gasteiger charge is -2.15. The minimum Gasteiger partial charge on any atom is -0.494 e. The molecule has 2 rings (SSSR count). The van der Waals surface area contributed by atoms with Crippen LogP contribution in [0.15, 0.2) is 42.5 Å². The van der Waals surface area contributed by atoms with Gasteiger partial charge in [-0.05, 0) is 42.2 Å². The number of nitrogens with one attached hydrogen (secondary N) is 1. The molecule has 2 nitrogen and oxygen atoms in total. The summed E-state index contributed by atoms with van der Waals surface area (Å²) in [6, 6.07) is 13.7. The van der Waals surface area contributed by atoms with Crippen LogP contribution in [-0.2, 0) is 13.0 Å². The molecule has 21 heavy (non-hydrogen) atoms.